The van der Waals surface area contributed by atoms with Crippen molar-refractivity contribution < 1.29 is 4.39 Å². The molecule has 0 aliphatic heterocycles. The first-order valence-corrected chi connectivity index (χ1v) is 5.52. The maximum atomic E-state index is 13.4. The van der Waals surface area contributed by atoms with Crippen molar-refractivity contribution in [1.29, 1.82) is 0 Å². The molecule has 1 N–H and O–H groups in total. The van der Waals surface area contributed by atoms with Gasteiger partial charge in [0.25, 0.3) is 0 Å². The van der Waals surface area contributed by atoms with Crippen molar-refractivity contribution >= 4 is 5.95 Å². The minimum atomic E-state index is -0.163. The fourth-order valence-electron chi connectivity index (χ4n) is 1.69. The van der Waals surface area contributed by atoms with Crippen LogP contribution in [-0.4, -0.2) is 21.8 Å². The van der Waals surface area contributed by atoms with Gasteiger partial charge in [0.15, 0.2) is 0 Å². The molecule has 0 saturated heterocycles. The molecule has 1 aromatic heterocycles. The Balaban J connectivity index is 2.07. The molecule has 0 bridgehead atoms. The summed E-state index contributed by atoms with van der Waals surface area (Å²) in [6, 6.07) is 6.81. The summed E-state index contributed by atoms with van der Waals surface area (Å²) in [6.45, 7) is 0. The molecule has 0 saturated carbocycles. The van der Waals surface area contributed by atoms with Crippen molar-refractivity contribution in [3.8, 4) is 0 Å². The van der Waals surface area contributed by atoms with Crippen molar-refractivity contribution in [3.63, 3.8) is 0 Å². The summed E-state index contributed by atoms with van der Waals surface area (Å²) in [6.07, 6.45) is 1.30. The summed E-state index contributed by atoms with van der Waals surface area (Å²) in [5.74, 6) is 1.28. The number of hydrogen-bond acceptors (Lipinski definition) is 3. The largest absolute Gasteiger partial charge is 0.356 e. The van der Waals surface area contributed by atoms with Crippen LogP contribution in [0.25, 0.3) is 0 Å². The lowest BCUT2D eigenvalue weighted by molar-refractivity contribution is 0.603. The second kappa shape index (κ2) is 4.95. The lowest BCUT2D eigenvalue weighted by Gasteiger charge is -2.02. The zero-order valence-electron chi connectivity index (χ0n) is 9.94. The standard InChI is InChI=1S/C12H15FN4/c1-14-12-15-11(17(2)16-12)8-7-9-5-3-4-6-10(9)13/h3-6H,7-8H2,1-2H3,(H,14,16). The van der Waals surface area contributed by atoms with Crippen LogP contribution in [-0.2, 0) is 19.9 Å². The van der Waals surface area contributed by atoms with Gasteiger partial charge < -0.3 is 5.32 Å². The normalized spacial score (nSPS) is 10.5. The van der Waals surface area contributed by atoms with E-state index in [2.05, 4.69) is 15.4 Å². The Morgan fingerprint density at radius 2 is 2.06 bits per heavy atom. The fourth-order valence-corrected chi connectivity index (χ4v) is 1.69. The summed E-state index contributed by atoms with van der Waals surface area (Å²) in [7, 11) is 3.61. The van der Waals surface area contributed by atoms with Gasteiger partial charge in [0.2, 0.25) is 5.95 Å². The highest BCUT2D eigenvalue weighted by Crippen LogP contribution is 2.10. The zero-order valence-corrected chi connectivity index (χ0v) is 9.94. The van der Waals surface area contributed by atoms with Gasteiger partial charge in [0.1, 0.15) is 11.6 Å². The van der Waals surface area contributed by atoms with Crippen LogP contribution < -0.4 is 5.32 Å². The van der Waals surface area contributed by atoms with Crippen molar-refractivity contribution in [1.82, 2.24) is 14.8 Å². The summed E-state index contributed by atoms with van der Waals surface area (Å²) in [4.78, 5) is 4.29. The summed E-state index contributed by atoms with van der Waals surface area (Å²) in [5, 5.41) is 7.05. The Hall–Kier alpha value is -1.91. The molecule has 2 rings (SSSR count). The molecule has 2 aromatic rings. The van der Waals surface area contributed by atoms with Gasteiger partial charge in [0.05, 0.1) is 0 Å². The van der Waals surface area contributed by atoms with Crippen molar-refractivity contribution in [3.05, 3.63) is 41.5 Å². The van der Waals surface area contributed by atoms with E-state index in [1.54, 1.807) is 23.9 Å². The molecule has 1 aromatic carbocycles. The first kappa shape index (κ1) is 11.6. The van der Waals surface area contributed by atoms with Crippen LogP contribution in [0.15, 0.2) is 24.3 Å². The highest BCUT2D eigenvalue weighted by molar-refractivity contribution is 5.22. The Morgan fingerprint density at radius 1 is 1.29 bits per heavy atom. The van der Waals surface area contributed by atoms with Crippen LogP contribution in [0.2, 0.25) is 0 Å². The molecule has 4 nitrogen and oxygen atoms in total. The molecule has 0 aliphatic rings. The van der Waals surface area contributed by atoms with E-state index in [0.717, 1.165) is 5.82 Å². The van der Waals surface area contributed by atoms with E-state index in [4.69, 9.17) is 0 Å². The first-order chi connectivity index (χ1) is 8.20. The number of nitrogens with zero attached hydrogens (tertiary/aromatic N) is 3. The topological polar surface area (TPSA) is 42.7 Å². The van der Waals surface area contributed by atoms with Crippen molar-refractivity contribution in [2.45, 2.75) is 12.8 Å². The quantitative estimate of drug-likeness (QED) is 0.877. The second-order valence-electron chi connectivity index (χ2n) is 3.82. The van der Waals surface area contributed by atoms with Gasteiger partial charge in [-0.2, -0.15) is 4.98 Å². The molecule has 0 amide bonds. The van der Waals surface area contributed by atoms with Gasteiger partial charge in [-0.25, -0.2) is 4.39 Å². The SMILES string of the molecule is CNc1nc(CCc2ccccc2F)n(C)n1. The van der Waals surface area contributed by atoms with E-state index in [1.165, 1.54) is 6.07 Å². The number of aryl methyl sites for hydroxylation is 3. The Morgan fingerprint density at radius 3 is 2.71 bits per heavy atom. The number of aromatic nitrogens is 3. The predicted molar refractivity (Wildman–Crippen MR) is 64.4 cm³/mol. The molecule has 0 spiro atoms. The average molecular weight is 234 g/mol. The number of nitrogens with one attached hydrogen (secondary N) is 1. The Bertz CT molecular complexity index is 507. The molecule has 0 unspecified atom stereocenters. The third kappa shape index (κ3) is 2.61. The molecule has 17 heavy (non-hydrogen) atoms. The molecular formula is C12H15FN4. The molecule has 90 valence electrons. The molecule has 0 atom stereocenters. The van der Waals surface area contributed by atoms with Gasteiger partial charge in [-0.3, -0.25) is 4.68 Å². The summed E-state index contributed by atoms with van der Waals surface area (Å²) >= 11 is 0. The molecule has 0 fully saturated rings. The monoisotopic (exact) mass is 234 g/mol. The van der Waals surface area contributed by atoms with E-state index in [9.17, 15) is 4.39 Å². The number of anilines is 1. The van der Waals surface area contributed by atoms with E-state index in [0.29, 0.717) is 24.4 Å². The number of hydrogen-bond donors (Lipinski definition) is 1. The van der Waals surface area contributed by atoms with Crippen LogP contribution in [0.3, 0.4) is 0 Å². The molecule has 5 heteroatoms. The van der Waals surface area contributed by atoms with Crippen molar-refractivity contribution in [2.24, 2.45) is 7.05 Å². The maximum absolute atomic E-state index is 13.4. The molecule has 1 heterocycles. The van der Waals surface area contributed by atoms with Crippen LogP contribution in [0.4, 0.5) is 10.3 Å². The van der Waals surface area contributed by atoms with Crippen LogP contribution in [0, 0.1) is 5.82 Å². The third-order valence-corrected chi connectivity index (χ3v) is 2.65. The lowest BCUT2D eigenvalue weighted by atomic mass is 10.1. The van der Waals surface area contributed by atoms with Gasteiger partial charge >= 0.3 is 0 Å². The van der Waals surface area contributed by atoms with Gasteiger partial charge in [-0.1, -0.05) is 18.2 Å². The van der Waals surface area contributed by atoms with Crippen LogP contribution in [0.5, 0.6) is 0 Å². The Kier molecular flexibility index (Phi) is 3.37. The van der Waals surface area contributed by atoms with Crippen molar-refractivity contribution in [2.75, 3.05) is 12.4 Å². The second-order valence-corrected chi connectivity index (χ2v) is 3.82. The minimum Gasteiger partial charge on any atom is -0.356 e. The van der Waals surface area contributed by atoms with Gasteiger partial charge in [-0.05, 0) is 18.1 Å². The summed E-state index contributed by atoms with van der Waals surface area (Å²) in [5.41, 5.74) is 0.710. The van der Waals surface area contributed by atoms with E-state index in [-0.39, 0.29) is 5.82 Å². The molecular weight excluding hydrogens is 219 g/mol. The average Bonchev–Trinajstić information content (AvgIpc) is 2.69. The predicted octanol–water partition coefficient (Wildman–Crippen LogP) is 1.78. The van der Waals surface area contributed by atoms with Crippen LogP contribution in [0.1, 0.15) is 11.4 Å². The Labute approximate surface area is 99.5 Å². The lowest BCUT2D eigenvalue weighted by Crippen LogP contribution is -2.02. The van der Waals surface area contributed by atoms with Gasteiger partial charge in [-0.15, -0.1) is 5.10 Å². The van der Waals surface area contributed by atoms with Crippen LogP contribution >= 0.6 is 0 Å². The first-order valence-electron chi connectivity index (χ1n) is 5.52. The van der Waals surface area contributed by atoms with Gasteiger partial charge in [0, 0.05) is 20.5 Å². The fraction of sp³-hybridized carbons (Fsp3) is 0.333. The van der Waals surface area contributed by atoms with E-state index < -0.39 is 0 Å². The minimum absolute atomic E-state index is 0.163. The number of halogens is 1. The highest BCUT2D eigenvalue weighted by Gasteiger charge is 2.07. The number of benzene rings is 1. The third-order valence-electron chi connectivity index (χ3n) is 2.65. The smallest absolute Gasteiger partial charge is 0.242 e. The summed E-state index contributed by atoms with van der Waals surface area (Å²) < 4.78 is 15.1. The molecule has 0 aliphatic carbocycles. The van der Waals surface area contributed by atoms with E-state index >= 15 is 0 Å². The zero-order chi connectivity index (χ0) is 12.3. The molecule has 0 radical (unpaired) electrons. The number of rotatable bonds is 4. The van der Waals surface area contributed by atoms with E-state index in [1.807, 2.05) is 13.1 Å². The highest BCUT2D eigenvalue weighted by atomic mass is 19.1. The maximum Gasteiger partial charge on any atom is 0.242 e.